The fourth-order valence-electron chi connectivity index (χ4n) is 1.86. The van der Waals surface area contributed by atoms with Gasteiger partial charge in [0.05, 0.1) is 8.81 Å². The van der Waals surface area contributed by atoms with E-state index in [2.05, 4.69) is 29.8 Å². The average Bonchev–Trinajstić information content (AvgIpc) is 2.60. The lowest BCUT2D eigenvalue weighted by Gasteiger charge is -2.21. The Balaban J connectivity index is 2.70. The Morgan fingerprint density at radius 1 is 1.50 bits per heavy atom. The molecule has 0 fully saturated rings. The highest BCUT2D eigenvalue weighted by Crippen LogP contribution is 2.38. The summed E-state index contributed by atoms with van der Waals surface area (Å²) in [6, 6.07) is 2.13. The van der Waals surface area contributed by atoms with E-state index < -0.39 is 0 Å². The predicted octanol–water partition coefficient (Wildman–Crippen LogP) is 5.38. The van der Waals surface area contributed by atoms with Crippen molar-refractivity contribution in [3.8, 4) is 0 Å². The van der Waals surface area contributed by atoms with Gasteiger partial charge < -0.3 is 5.73 Å². The third kappa shape index (κ3) is 3.73. The number of hydrogen-bond acceptors (Lipinski definition) is 2. The van der Waals surface area contributed by atoms with Crippen LogP contribution in [0.25, 0.3) is 0 Å². The summed E-state index contributed by atoms with van der Waals surface area (Å²) >= 11 is 11.1. The van der Waals surface area contributed by atoms with Crippen LogP contribution in [0.15, 0.2) is 9.85 Å². The van der Waals surface area contributed by atoms with Gasteiger partial charge in [-0.1, -0.05) is 44.7 Å². The second-order valence-corrected chi connectivity index (χ2v) is 6.92. The molecule has 0 saturated carbocycles. The van der Waals surface area contributed by atoms with Gasteiger partial charge in [-0.05, 0) is 34.3 Å². The lowest BCUT2D eigenvalue weighted by Crippen LogP contribution is -2.19. The highest BCUT2D eigenvalue weighted by molar-refractivity contribution is 9.11. The number of rotatable bonds is 6. The molecule has 2 unspecified atom stereocenters. The van der Waals surface area contributed by atoms with Gasteiger partial charge in [-0.25, -0.2) is 0 Å². The summed E-state index contributed by atoms with van der Waals surface area (Å²) in [5.74, 6) is 0.571. The highest BCUT2D eigenvalue weighted by atomic mass is 79.9. The van der Waals surface area contributed by atoms with Gasteiger partial charge in [-0.3, -0.25) is 0 Å². The standard InChI is InChI=1S/C12H19BrClNS/c1-3-5-6-8(4-2)11(15)10-7-9(14)12(13)16-10/h7-8,11H,3-6,15H2,1-2H3. The Kier molecular flexibility index (Phi) is 6.34. The van der Waals surface area contributed by atoms with Crippen molar-refractivity contribution in [3.05, 3.63) is 19.8 Å². The quantitative estimate of drug-likeness (QED) is 0.747. The molecule has 0 aliphatic rings. The van der Waals surface area contributed by atoms with Crippen LogP contribution in [0, 0.1) is 5.92 Å². The maximum absolute atomic E-state index is 6.30. The zero-order valence-electron chi connectivity index (χ0n) is 9.80. The van der Waals surface area contributed by atoms with Crippen LogP contribution in [0.4, 0.5) is 0 Å². The summed E-state index contributed by atoms with van der Waals surface area (Å²) in [5, 5.41) is 0.779. The zero-order valence-corrected chi connectivity index (χ0v) is 13.0. The number of hydrogen-bond donors (Lipinski definition) is 1. The van der Waals surface area contributed by atoms with Crippen molar-refractivity contribution in [1.82, 2.24) is 0 Å². The molecular formula is C12H19BrClNS. The van der Waals surface area contributed by atoms with Gasteiger partial charge in [0, 0.05) is 10.9 Å². The summed E-state index contributed by atoms with van der Waals surface area (Å²) in [7, 11) is 0. The Morgan fingerprint density at radius 2 is 2.19 bits per heavy atom. The van der Waals surface area contributed by atoms with Gasteiger partial charge in [0.1, 0.15) is 0 Å². The smallest absolute Gasteiger partial charge is 0.0887 e. The van der Waals surface area contributed by atoms with Crippen molar-refractivity contribution in [3.63, 3.8) is 0 Å². The van der Waals surface area contributed by atoms with Crippen molar-refractivity contribution in [2.45, 2.75) is 45.6 Å². The highest BCUT2D eigenvalue weighted by Gasteiger charge is 2.20. The average molecular weight is 325 g/mol. The largest absolute Gasteiger partial charge is 0.323 e. The monoisotopic (exact) mass is 323 g/mol. The molecule has 1 aromatic rings. The SMILES string of the molecule is CCCCC(CC)C(N)c1cc(Cl)c(Br)s1. The van der Waals surface area contributed by atoms with Gasteiger partial charge in [0.25, 0.3) is 0 Å². The molecule has 0 radical (unpaired) electrons. The predicted molar refractivity (Wildman–Crippen MR) is 77.3 cm³/mol. The number of halogens is 2. The molecule has 1 rings (SSSR count). The molecule has 0 saturated heterocycles. The second kappa shape index (κ2) is 7.00. The van der Waals surface area contributed by atoms with Crippen LogP contribution in [0.1, 0.15) is 50.4 Å². The molecule has 0 bridgehead atoms. The van der Waals surface area contributed by atoms with E-state index in [0.29, 0.717) is 5.92 Å². The molecule has 0 aliphatic carbocycles. The molecular weight excluding hydrogens is 306 g/mol. The van der Waals surface area contributed by atoms with Gasteiger partial charge in [-0.15, -0.1) is 11.3 Å². The third-order valence-electron chi connectivity index (χ3n) is 2.95. The van der Waals surface area contributed by atoms with E-state index >= 15 is 0 Å². The van der Waals surface area contributed by atoms with E-state index in [0.717, 1.165) is 15.2 Å². The van der Waals surface area contributed by atoms with Gasteiger partial charge in [0.2, 0.25) is 0 Å². The number of unbranched alkanes of at least 4 members (excludes halogenated alkanes) is 1. The van der Waals surface area contributed by atoms with Crippen LogP contribution >= 0.6 is 38.9 Å². The number of thiophene rings is 1. The minimum Gasteiger partial charge on any atom is -0.323 e. The first-order chi connectivity index (χ1) is 7.60. The van der Waals surface area contributed by atoms with Crippen molar-refractivity contribution in [2.24, 2.45) is 11.7 Å². The minimum absolute atomic E-state index is 0.130. The molecule has 1 heterocycles. The first-order valence-electron chi connectivity index (χ1n) is 5.80. The van der Waals surface area contributed by atoms with Crippen LogP contribution in [0.2, 0.25) is 5.02 Å². The fourth-order valence-corrected chi connectivity index (χ4v) is 3.71. The Labute approximate surface area is 116 Å². The maximum Gasteiger partial charge on any atom is 0.0887 e. The van der Waals surface area contributed by atoms with E-state index in [4.69, 9.17) is 17.3 Å². The maximum atomic E-state index is 6.30. The van der Waals surface area contributed by atoms with E-state index in [-0.39, 0.29) is 6.04 Å². The minimum atomic E-state index is 0.130. The van der Waals surface area contributed by atoms with Crippen molar-refractivity contribution in [2.75, 3.05) is 0 Å². The zero-order chi connectivity index (χ0) is 12.1. The first kappa shape index (κ1) is 14.5. The van der Waals surface area contributed by atoms with Gasteiger partial charge in [-0.2, -0.15) is 0 Å². The molecule has 92 valence electrons. The molecule has 1 aromatic heterocycles. The second-order valence-electron chi connectivity index (χ2n) is 4.11. The van der Waals surface area contributed by atoms with Gasteiger partial charge >= 0.3 is 0 Å². The van der Waals surface area contributed by atoms with Crippen LogP contribution in [-0.2, 0) is 0 Å². The molecule has 0 spiro atoms. The lowest BCUT2D eigenvalue weighted by molar-refractivity contribution is 0.382. The van der Waals surface area contributed by atoms with E-state index in [1.54, 1.807) is 11.3 Å². The lowest BCUT2D eigenvalue weighted by atomic mass is 9.91. The summed E-state index contributed by atoms with van der Waals surface area (Å²) < 4.78 is 0.991. The van der Waals surface area contributed by atoms with Crippen LogP contribution in [0.3, 0.4) is 0 Å². The summed E-state index contributed by atoms with van der Waals surface area (Å²) in [5.41, 5.74) is 6.30. The van der Waals surface area contributed by atoms with Crippen LogP contribution in [0.5, 0.6) is 0 Å². The first-order valence-corrected chi connectivity index (χ1v) is 7.79. The number of nitrogens with two attached hydrogens (primary N) is 1. The molecule has 2 N–H and O–H groups in total. The normalized spacial score (nSPS) is 15.1. The molecule has 1 nitrogen and oxygen atoms in total. The Hall–Kier alpha value is 0.430. The topological polar surface area (TPSA) is 26.0 Å². The van der Waals surface area contributed by atoms with E-state index in [1.807, 2.05) is 6.07 Å². The third-order valence-corrected chi connectivity index (χ3v) is 5.53. The molecule has 0 amide bonds. The Morgan fingerprint density at radius 3 is 2.62 bits per heavy atom. The molecule has 0 aromatic carbocycles. The van der Waals surface area contributed by atoms with Crippen molar-refractivity contribution in [1.29, 1.82) is 0 Å². The van der Waals surface area contributed by atoms with Gasteiger partial charge in [0.15, 0.2) is 0 Å². The van der Waals surface area contributed by atoms with Crippen molar-refractivity contribution >= 4 is 38.9 Å². The van der Waals surface area contributed by atoms with Crippen LogP contribution < -0.4 is 5.73 Å². The summed E-state index contributed by atoms with van der Waals surface area (Å²) in [6.07, 6.45) is 4.83. The molecule has 2 atom stereocenters. The fraction of sp³-hybridized carbons (Fsp3) is 0.667. The van der Waals surface area contributed by atoms with Crippen LogP contribution in [-0.4, -0.2) is 0 Å². The summed E-state index contributed by atoms with van der Waals surface area (Å²) in [4.78, 5) is 1.19. The van der Waals surface area contributed by atoms with Crippen molar-refractivity contribution < 1.29 is 0 Å². The Bertz CT molecular complexity index is 307. The molecule has 0 aliphatic heterocycles. The molecule has 16 heavy (non-hydrogen) atoms. The molecule has 4 heteroatoms. The van der Waals surface area contributed by atoms with E-state index in [9.17, 15) is 0 Å². The summed E-state index contributed by atoms with van der Waals surface area (Å²) in [6.45, 7) is 4.43. The van der Waals surface area contributed by atoms with E-state index in [1.165, 1.54) is 24.1 Å².